The number of methoxy groups -OCH3 is 1. The van der Waals surface area contributed by atoms with Crippen LogP contribution in [0.3, 0.4) is 0 Å². The first-order valence-corrected chi connectivity index (χ1v) is 6.88. The Morgan fingerprint density at radius 1 is 1.58 bits per heavy atom. The molecule has 1 aromatic rings. The molecule has 0 bridgehead atoms. The summed E-state index contributed by atoms with van der Waals surface area (Å²) in [6.07, 6.45) is 4.59. The molecule has 0 aromatic carbocycles. The third-order valence-electron chi connectivity index (χ3n) is 3.65. The van der Waals surface area contributed by atoms with E-state index in [2.05, 4.69) is 15.6 Å². The summed E-state index contributed by atoms with van der Waals surface area (Å²) in [5, 5.41) is 11.4. The Bertz CT molecular complexity index is 413. The summed E-state index contributed by atoms with van der Waals surface area (Å²) in [6.45, 7) is 4.50. The smallest absolute Gasteiger partial charge is 0.187 e. The molecule has 6 nitrogen and oxygen atoms in total. The molecular formula is C13H22N4O2. The Kier molecular flexibility index (Phi) is 5.04. The van der Waals surface area contributed by atoms with Gasteiger partial charge in [0.05, 0.1) is 12.2 Å². The molecule has 0 spiro atoms. The van der Waals surface area contributed by atoms with Crippen LogP contribution in [0.5, 0.6) is 0 Å². The van der Waals surface area contributed by atoms with Gasteiger partial charge in [-0.05, 0) is 32.4 Å². The number of hydrogen-bond donors (Lipinski definition) is 1. The van der Waals surface area contributed by atoms with E-state index in [0.717, 1.165) is 32.4 Å². The van der Waals surface area contributed by atoms with Crippen molar-refractivity contribution in [3.63, 3.8) is 0 Å². The largest absolute Gasteiger partial charge is 0.385 e. The van der Waals surface area contributed by atoms with Crippen molar-refractivity contribution in [2.24, 2.45) is 5.92 Å². The van der Waals surface area contributed by atoms with Crippen LogP contribution in [0.2, 0.25) is 0 Å². The second-order valence-electron chi connectivity index (χ2n) is 5.11. The molecule has 2 heterocycles. The van der Waals surface area contributed by atoms with E-state index in [4.69, 9.17) is 4.74 Å². The second-order valence-corrected chi connectivity index (χ2v) is 5.11. The van der Waals surface area contributed by atoms with E-state index >= 15 is 0 Å². The number of rotatable bonds is 6. The molecule has 2 rings (SSSR count). The molecule has 0 radical (unpaired) electrons. The molecule has 0 saturated carbocycles. The zero-order valence-electron chi connectivity index (χ0n) is 11.6. The van der Waals surface area contributed by atoms with Crippen LogP contribution in [-0.4, -0.2) is 47.6 Å². The molecule has 0 aliphatic carbocycles. The van der Waals surface area contributed by atoms with E-state index in [1.54, 1.807) is 13.3 Å². The molecule has 1 fully saturated rings. The molecular weight excluding hydrogens is 244 g/mol. The Balaban J connectivity index is 1.97. The first-order chi connectivity index (χ1) is 9.22. The van der Waals surface area contributed by atoms with Crippen molar-refractivity contribution < 1.29 is 9.53 Å². The Labute approximate surface area is 113 Å². The lowest BCUT2D eigenvalue weighted by atomic mass is 10.0. The molecule has 1 unspecified atom stereocenters. The van der Waals surface area contributed by atoms with Crippen LogP contribution in [0, 0.1) is 5.92 Å². The van der Waals surface area contributed by atoms with Gasteiger partial charge in [0.2, 0.25) is 0 Å². The highest BCUT2D eigenvalue weighted by atomic mass is 16.5. The number of carbonyl (C=O) groups excluding carboxylic acids is 1. The van der Waals surface area contributed by atoms with Crippen molar-refractivity contribution in [1.29, 1.82) is 0 Å². The highest BCUT2D eigenvalue weighted by molar-refractivity contribution is 5.95. The summed E-state index contributed by atoms with van der Waals surface area (Å²) in [5.41, 5.74) is 0.474. The van der Waals surface area contributed by atoms with E-state index in [0.29, 0.717) is 18.3 Å². The first kappa shape index (κ1) is 14.1. The van der Waals surface area contributed by atoms with Gasteiger partial charge in [0.25, 0.3) is 0 Å². The van der Waals surface area contributed by atoms with Gasteiger partial charge in [-0.1, -0.05) is 12.1 Å². The number of piperidine rings is 1. The molecule has 1 aliphatic heterocycles. The van der Waals surface area contributed by atoms with Crippen LogP contribution in [0.15, 0.2) is 6.20 Å². The lowest BCUT2D eigenvalue weighted by Crippen LogP contribution is -2.29. The van der Waals surface area contributed by atoms with Crippen molar-refractivity contribution in [3.05, 3.63) is 11.9 Å². The van der Waals surface area contributed by atoms with Gasteiger partial charge in [-0.25, -0.2) is 4.68 Å². The summed E-state index contributed by atoms with van der Waals surface area (Å²) in [7, 11) is 1.64. The van der Waals surface area contributed by atoms with Crippen LogP contribution >= 0.6 is 0 Å². The summed E-state index contributed by atoms with van der Waals surface area (Å²) in [5.74, 6) is -0.0182. The summed E-state index contributed by atoms with van der Waals surface area (Å²) < 4.78 is 6.84. The molecule has 1 N–H and O–H groups in total. The van der Waals surface area contributed by atoms with Crippen molar-refractivity contribution in [2.75, 3.05) is 26.8 Å². The molecule has 1 saturated heterocycles. The van der Waals surface area contributed by atoms with Crippen LogP contribution in [0.4, 0.5) is 0 Å². The number of nitrogens with one attached hydrogen (secondary N) is 1. The van der Waals surface area contributed by atoms with Gasteiger partial charge in [-0.15, -0.1) is 5.10 Å². The third-order valence-corrected chi connectivity index (χ3v) is 3.65. The average molecular weight is 266 g/mol. The van der Waals surface area contributed by atoms with Crippen molar-refractivity contribution in [2.45, 2.75) is 32.2 Å². The number of aromatic nitrogens is 3. The molecule has 0 amide bonds. The van der Waals surface area contributed by atoms with E-state index in [1.165, 1.54) is 0 Å². The van der Waals surface area contributed by atoms with Gasteiger partial charge in [0.1, 0.15) is 5.69 Å². The number of ketones is 1. The highest BCUT2D eigenvalue weighted by Crippen LogP contribution is 2.18. The quantitative estimate of drug-likeness (QED) is 0.780. The maximum atomic E-state index is 12.2. The normalized spacial score (nSPS) is 18.4. The van der Waals surface area contributed by atoms with E-state index in [9.17, 15) is 4.79 Å². The fraction of sp³-hybridized carbons (Fsp3) is 0.769. The summed E-state index contributed by atoms with van der Waals surface area (Å²) in [4.78, 5) is 12.2. The molecule has 6 heteroatoms. The van der Waals surface area contributed by atoms with Crippen LogP contribution < -0.4 is 5.32 Å². The Hall–Kier alpha value is -1.27. The number of ether oxygens (including phenoxy) is 1. The fourth-order valence-electron chi connectivity index (χ4n) is 2.32. The van der Waals surface area contributed by atoms with Crippen molar-refractivity contribution in [1.82, 2.24) is 20.3 Å². The summed E-state index contributed by atoms with van der Waals surface area (Å²) in [6, 6.07) is 0.365. The predicted molar refractivity (Wildman–Crippen MR) is 71.2 cm³/mol. The van der Waals surface area contributed by atoms with E-state index in [1.807, 2.05) is 11.6 Å². The number of nitrogens with zero attached hydrogens (tertiary/aromatic N) is 3. The molecule has 1 atom stereocenters. The third kappa shape index (κ3) is 3.61. The van der Waals surface area contributed by atoms with E-state index in [-0.39, 0.29) is 11.7 Å². The Morgan fingerprint density at radius 2 is 2.32 bits per heavy atom. The molecule has 1 aliphatic rings. The zero-order valence-corrected chi connectivity index (χ0v) is 11.6. The Morgan fingerprint density at radius 3 is 3.00 bits per heavy atom. The minimum absolute atomic E-state index is 0.0530. The van der Waals surface area contributed by atoms with E-state index < -0.39 is 0 Å². The van der Waals surface area contributed by atoms with Gasteiger partial charge in [0, 0.05) is 19.6 Å². The maximum Gasteiger partial charge on any atom is 0.187 e. The van der Waals surface area contributed by atoms with Crippen molar-refractivity contribution in [3.8, 4) is 0 Å². The number of hydrogen-bond acceptors (Lipinski definition) is 5. The highest BCUT2D eigenvalue weighted by Gasteiger charge is 2.21. The fourth-order valence-corrected chi connectivity index (χ4v) is 2.32. The molecule has 1 aromatic heterocycles. The van der Waals surface area contributed by atoms with Gasteiger partial charge in [0.15, 0.2) is 5.78 Å². The van der Waals surface area contributed by atoms with Gasteiger partial charge >= 0.3 is 0 Å². The van der Waals surface area contributed by atoms with Crippen molar-refractivity contribution >= 4 is 5.78 Å². The second kappa shape index (κ2) is 6.77. The number of Topliss-reactive ketones (excluding diaryl/α,β-unsaturated/α-hetero) is 1. The first-order valence-electron chi connectivity index (χ1n) is 6.88. The van der Waals surface area contributed by atoms with Crippen LogP contribution in [0.1, 0.15) is 42.7 Å². The monoisotopic (exact) mass is 266 g/mol. The minimum Gasteiger partial charge on any atom is -0.385 e. The molecule has 106 valence electrons. The zero-order chi connectivity index (χ0) is 13.7. The molecule has 19 heavy (non-hydrogen) atoms. The van der Waals surface area contributed by atoms with Crippen LogP contribution in [0.25, 0.3) is 0 Å². The van der Waals surface area contributed by atoms with Gasteiger partial charge in [-0.2, -0.15) is 0 Å². The predicted octanol–water partition coefficient (Wildman–Crippen LogP) is 1.06. The minimum atomic E-state index is -0.0712. The average Bonchev–Trinajstić information content (AvgIpc) is 2.94. The topological polar surface area (TPSA) is 69.0 Å². The van der Waals surface area contributed by atoms with Gasteiger partial charge < -0.3 is 10.1 Å². The maximum absolute atomic E-state index is 12.2. The van der Waals surface area contributed by atoms with Gasteiger partial charge in [-0.3, -0.25) is 4.79 Å². The summed E-state index contributed by atoms with van der Waals surface area (Å²) >= 11 is 0. The SMILES string of the molecule is COCCC(C)C(=O)c1cn(C2CCNCC2)nn1. The number of carbonyl (C=O) groups is 1. The van der Waals surface area contributed by atoms with Crippen LogP contribution in [-0.2, 0) is 4.74 Å². The standard InChI is InChI=1S/C13H22N4O2/c1-10(5-8-19-2)13(18)12-9-17(16-15-12)11-3-6-14-7-4-11/h9-11,14H,3-8H2,1-2H3. The lowest BCUT2D eigenvalue weighted by Gasteiger charge is -2.22. The lowest BCUT2D eigenvalue weighted by molar-refractivity contribution is 0.0888.